The molecule has 1 aromatic carbocycles. The Morgan fingerprint density at radius 1 is 1.32 bits per heavy atom. The number of carboxylic acid groups (broad SMARTS) is 1. The van der Waals surface area contributed by atoms with Crippen molar-refractivity contribution in [2.45, 2.75) is 0 Å². The minimum Gasteiger partial charge on any atom is -0.478 e. The van der Waals surface area contributed by atoms with Gasteiger partial charge in [-0.1, -0.05) is 6.07 Å². The molecule has 0 fully saturated rings. The number of nitrogens with zero attached hydrogens (tertiary/aromatic N) is 1. The topological polar surface area (TPSA) is 96.2 Å². The Labute approximate surface area is 106 Å². The van der Waals surface area contributed by atoms with E-state index in [0.29, 0.717) is 22.2 Å². The summed E-state index contributed by atoms with van der Waals surface area (Å²) < 4.78 is 4.96. The molecule has 0 unspecified atom stereocenters. The number of oxazole rings is 1. The predicted molar refractivity (Wildman–Crippen MR) is 67.0 cm³/mol. The SMILES string of the molecule is O=C(O)c1cnccc1-c1ccc2[nH]c(=O)oc2c1. The molecule has 0 atom stereocenters. The van der Waals surface area contributed by atoms with Crippen LogP contribution in [-0.4, -0.2) is 21.0 Å². The maximum absolute atomic E-state index is 11.1. The van der Waals surface area contributed by atoms with E-state index in [0.717, 1.165) is 0 Å². The first-order valence-corrected chi connectivity index (χ1v) is 5.46. The van der Waals surface area contributed by atoms with Crippen LogP contribution in [0.5, 0.6) is 0 Å². The second-order valence-electron chi connectivity index (χ2n) is 3.95. The van der Waals surface area contributed by atoms with Crippen molar-refractivity contribution in [2.24, 2.45) is 0 Å². The Morgan fingerprint density at radius 2 is 2.16 bits per heavy atom. The first-order chi connectivity index (χ1) is 9.15. The number of carboxylic acids is 1. The van der Waals surface area contributed by atoms with Gasteiger partial charge >= 0.3 is 11.7 Å². The van der Waals surface area contributed by atoms with Gasteiger partial charge in [-0.2, -0.15) is 0 Å². The fraction of sp³-hybridized carbons (Fsp3) is 0. The third-order valence-corrected chi connectivity index (χ3v) is 2.78. The molecule has 0 aliphatic heterocycles. The van der Waals surface area contributed by atoms with E-state index in [1.165, 1.54) is 12.4 Å². The fourth-order valence-electron chi connectivity index (χ4n) is 1.93. The standard InChI is InChI=1S/C13H8N2O4/c16-12(17)9-6-14-4-3-8(9)7-1-2-10-11(5-7)19-13(18)15-10/h1-6H,(H,15,18)(H,16,17). The van der Waals surface area contributed by atoms with Crippen LogP contribution < -0.4 is 5.76 Å². The Hall–Kier alpha value is -2.89. The van der Waals surface area contributed by atoms with Gasteiger partial charge in [0.05, 0.1) is 11.1 Å². The number of carbonyl (C=O) groups is 1. The van der Waals surface area contributed by atoms with Crippen LogP contribution in [0.2, 0.25) is 0 Å². The molecule has 0 bridgehead atoms. The van der Waals surface area contributed by atoms with Crippen LogP contribution in [0.3, 0.4) is 0 Å². The molecule has 0 saturated heterocycles. The van der Waals surface area contributed by atoms with E-state index in [1.807, 2.05) is 0 Å². The number of aromatic nitrogens is 2. The van der Waals surface area contributed by atoms with Crippen molar-refractivity contribution in [2.75, 3.05) is 0 Å². The summed E-state index contributed by atoms with van der Waals surface area (Å²) in [6, 6.07) is 6.61. The van der Waals surface area contributed by atoms with Gasteiger partial charge in [0.2, 0.25) is 0 Å². The highest BCUT2D eigenvalue weighted by Crippen LogP contribution is 2.25. The zero-order valence-corrected chi connectivity index (χ0v) is 9.58. The zero-order chi connectivity index (χ0) is 13.4. The summed E-state index contributed by atoms with van der Waals surface area (Å²) in [5.74, 6) is -1.60. The summed E-state index contributed by atoms with van der Waals surface area (Å²) in [5.41, 5.74) is 2.22. The smallest absolute Gasteiger partial charge is 0.417 e. The molecule has 94 valence electrons. The minimum atomic E-state index is -1.06. The van der Waals surface area contributed by atoms with Crippen LogP contribution in [0.1, 0.15) is 10.4 Å². The highest BCUT2D eigenvalue weighted by Gasteiger charge is 2.12. The first-order valence-electron chi connectivity index (χ1n) is 5.46. The quantitative estimate of drug-likeness (QED) is 0.729. The summed E-state index contributed by atoms with van der Waals surface area (Å²) in [6.07, 6.45) is 2.80. The molecule has 0 aliphatic carbocycles. The van der Waals surface area contributed by atoms with Crippen molar-refractivity contribution in [1.29, 1.82) is 0 Å². The van der Waals surface area contributed by atoms with Gasteiger partial charge in [-0.15, -0.1) is 0 Å². The highest BCUT2D eigenvalue weighted by molar-refractivity contribution is 5.96. The minimum absolute atomic E-state index is 0.0970. The Balaban J connectivity index is 2.24. The molecule has 0 spiro atoms. The maximum atomic E-state index is 11.1. The Bertz CT molecular complexity index is 832. The molecule has 0 radical (unpaired) electrons. The molecule has 0 saturated carbocycles. The molecular weight excluding hydrogens is 248 g/mol. The highest BCUT2D eigenvalue weighted by atomic mass is 16.4. The first kappa shape index (κ1) is 11.2. The number of hydrogen-bond acceptors (Lipinski definition) is 4. The molecule has 0 aliphatic rings. The van der Waals surface area contributed by atoms with E-state index >= 15 is 0 Å². The van der Waals surface area contributed by atoms with Crippen molar-refractivity contribution in [3.8, 4) is 11.1 Å². The normalized spacial score (nSPS) is 10.7. The van der Waals surface area contributed by atoms with Gasteiger partial charge in [-0.05, 0) is 29.3 Å². The van der Waals surface area contributed by atoms with Crippen LogP contribution in [0.4, 0.5) is 0 Å². The number of rotatable bonds is 2. The van der Waals surface area contributed by atoms with E-state index in [1.54, 1.807) is 24.3 Å². The number of aromatic carboxylic acids is 1. The largest absolute Gasteiger partial charge is 0.478 e. The van der Waals surface area contributed by atoms with Crippen molar-refractivity contribution in [1.82, 2.24) is 9.97 Å². The van der Waals surface area contributed by atoms with E-state index in [4.69, 9.17) is 9.52 Å². The molecule has 2 N–H and O–H groups in total. The van der Waals surface area contributed by atoms with E-state index < -0.39 is 11.7 Å². The number of aromatic amines is 1. The molecule has 6 nitrogen and oxygen atoms in total. The predicted octanol–water partition coefficient (Wildman–Crippen LogP) is 1.88. The number of nitrogens with one attached hydrogen (secondary N) is 1. The van der Waals surface area contributed by atoms with Crippen LogP contribution in [0, 0.1) is 0 Å². The molecular formula is C13H8N2O4. The average molecular weight is 256 g/mol. The number of H-pyrrole nitrogens is 1. The number of pyridine rings is 1. The molecule has 2 heterocycles. The lowest BCUT2D eigenvalue weighted by Crippen LogP contribution is -2.00. The average Bonchev–Trinajstić information content (AvgIpc) is 2.77. The number of hydrogen-bond donors (Lipinski definition) is 2. The van der Waals surface area contributed by atoms with Gasteiger partial charge in [0, 0.05) is 12.4 Å². The van der Waals surface area contributed by atoms with E-state index in [9.17, 15) is 9.59 Å². The van der Waals surface area contributed by atoms with Crippen molar-refractivity contribution in [3.05, 3.63) is 52.8 Å². The van der Waals surface area contributed by atoms with Crippen molar-refractivity contribution >= 4 is 17.1 Å². The summed E-state index contributed by atoms with van der Waals surface area (Å²) in [7, 11) is 0. The lowest BCUT2D eigenvalue weighted by atomic mass is 10.0. The van der Waals surface area contributed by atoms with Crippen LogP contribution in [-0.2, 0) is 0 Å². The van der Waals surface area contributed by atoms with Crippen LogP contribution in [0.25, 0.3) is 22.2 Å². The molecule has 6 heteroatoms. The second kappa shape index (κ2) is 4.09. The molecule has 3 aromatic rings. The van der Waals surface area contributed by atoms with Gasteiger partial charge in [0.15, 0.2) is 5.58 Å². The molecule has 3 rings (SSSR count). The molecule has 19 heavy (non-hydrogen) atoms. The lowest BCUT2D eigenvalue weighted by molar-refractivity contribution is 0.0697. The van der Waals surface area contributed by atoms with Gasteiger partial charge in [-0.3, -0.25) is 9.97 Å². The third-order valence-electron chi connectivity index (χ3n) is 2.78. The number of benzene rings is 1. The molecule has 0 amide bonds. The maximum Gasteiger partial charge on any atom is 0.417 e. The van der Waals surface area contributed by atoms with E-state index in [-0.39, 0.29) is 5.56 Å². The summed E-state index contributed by atoms with van der Waals surface area (Å²) in [6.45, 7) is 0. The van der Waals surface area contributed by atoms with Crippen LogP contribution in [0.15, 0.2) is 45.9 Å². The Morgan fingerprint density at radius 3 is 2.95 bits per heavy atom. The van der Waals surface area contributed by atoms with Crippen LogP contribution >= 0.6 is 0 Å². The van der Waals surface area contributed by atoms with Gasteiger partial charge in [0.25, 0.3) is 0 Å². The van der Waals surface area contributed by atoms with Crippen molar-refractivity contribution < 1.29 is 14.3 Å². The zero-order valence-electron chi connectivity index (χ0n) is 9.58. The second-order valence-corrected chi connectivity index (χ2v) is 3.95. The summed E-state index contributed by atoms with van der Waals surface area (Å²) >= 11 is 0. The summed E-state index contributed by atoms with van der Waals surface area (Å²) in [4.78, 5) is 28.6. The Kier molecular flexibility index (Phi) is 2.42. The van der Waals surface area contributed by atoms with Gasteiger partial charge < -0.3 is 9.52 Å². The van der Waals surface area contributed by atoms with Gasteiger partial charge in [0.1, 0.15) is 0 Å². The van der Waals surface area contributed by atoms with E-state index in [2.05, 4.69) is 9.97 Å². The van der Waals surface area contributed by atoms with Gasteiger partial charge in [-0.25, -0.2) is 9.59 Å². The fourth-order valence-corrected chi connectivity index (χ4v) is 1.93. The summed E-state index contributed by atoms with van der Waals surface area (Å²) in [5, 5.41) is 9.12. The monoisotopic (exact) mass is 256 g/mol. The number of fused-ring (bicyclic) bond motifs is 1. The third kappa shape index (κ3) is 1.89. The molecule has 2 aromatic heterocycles. The van der Waals surface area contributed by atoms with Crippen molar-refractivity contribution in [3.63, 3.8) is 0 Å². The lowest BCUT2D eigenvalue weighted by Gasteiger charge is -2.04.